The maximum absolute atomic E-state index is 11.9. The second-order valence-electron chi connectivity index (χ2n) is 4.24. The van der Waals surface area contributed by atoms with Crippen molar-refractivity contribution in [3.63, 3.8) is 0 Å². The van der Waals surface area contributed by atoms with Crippen molar-refractivity contribution in [1.29, 1.82) is 0 Å². The molecule has 0 fully saturated rings. The van der Waals surface area contributed by atoms with Gasteiger partial charge in [0.2, 0.25) is 5.88 Å². The van der Waals surface area contributed by atoms with E-state index in [-0.39, 0.29) is 5.91 Å². The Kier molecular flexibility index (Phi) is 4.07. The largest absolute Gasteiger partial charge is 0.494 e. The average molecular weight is 304 g/mol. The quantitative estimate of drug-likeness (QED) is 0.513. The predicted octanol–water partition coefficient (Wildman–Crippen LogP) is -0.619. The molecule has 9 heteroatoms. The van der Waals surface area contributed by atoms with Gasteiger partial charge in [-0.2, -0.15) is 0 Å². The van der Waals surface area contributed by atoms with E-state index in [1.165, 1.54) is 31.3 Å². The zero-order chi connectivity index (χ0) is 16.3. The fourth-order valence-corrected chi connectivity index (χ4v) is 1.73. The van der Waals surface area contributed by atoms with E-state index >= 15 is 0 Å². The number of amides is 2. The predicted molar refractivity (Wildman–Crippen MR) is 77.1 cm³/mol. The van der Waals surface area contributed by atoms with Crippen LogP contribution >= 0.6 is 0 Å². The molecule has 0 unspecified atom stereocenters. The van der Waals surface area contributed by atoms with Crippen molar-refractivity contribution in [2.75, 3.05) is 12.4 Å². The summed E-state index contributed by atoms with van der Waals surface area (Å²) in [6, 6.07) is 5.87. The number of benzene rings is 1. The molecule has 0 atom stereocenters. The third kappa shape index (κ3) is 3.03. The number of carbonyl (C=O) groups excluding carboxylic acids is 2. The van der Waals surface area contributed by atoms with Gasteiger partial charge in [0, 0.05) is 18.3 Å². The number of anilines is 1. The first-order chi connectivity index (χ1) is 10.4. The lowest BCUT2D eigenvalue weighted by molar-refractivity contribution is 0.0962. The first-order valence-corrected chi connectivity index (χ1v) is 6.11. The lowest BCUT2D eigenvalue weighted by Gasteiger charge is -2.06. The van der Waals surface area contributed by atoms with Crippen LogP contribution in [0.2, 0.25) is 0 Å². The highest BCUT2D eigenvalue weighted by atomic mass is 16.3. The van der Waals surface area contributed by atoms with Crippen LogP contribution in [0.1, 0.15) is 20.7 Å². The summed E-state index contributed by atoms with van der Waals surface area (Å²) in [5, 5.41) is 14.3. The van der Waals surface area contributed by atoms with Gasteiger partial charge in [0.15, 0.2) is 5.56 Å². The third-order valence-electron chi connectivity index (χ3n) is 2.78. The molecule has 2 amide bonds. The van der Waals surface area contributed by atoms with Crippen LogP contribution in [0.25, 0.3) is 0 Å². The molecule has 9 nitrogen and oxygen atoms in total. The van der Waals surface area contributed by atoms with E-state index in [2.05, 4.69) is 10.6 Å². The van der Waals surface area contributed by atoms with Crippen molar-refractivity contribution in [1.82, 2.24) is 15.3 Å². The Morgan fingerprint density at radius 1 is 1.05 bits per heavy atom. The molecule has 1 aromatic heterocycles. The van der Waals surface area contributed by atoms with E-state index < -0.39 is 28.6 Å². The summed E-state index contributed by atoms with van der Waals surface area (Å²) >= 11 is 0. The molecule has 0 bridgehead atoms. The molecule has 0 spiro atoms. The van der Waals surface area contributed by atoms with Crippen LogP contribution in [0.5, 0.6) is 5.88 Å². The Balaban J connectivity index is 2.24. The normalized spacial score (nSPS) is 10.0. The van der Waals surface area contributed by atoms with Gasteiger partial charge >= 0.3 is 5.69 Å². The van der Waals surface area contributed by atoms with E-state index in [9.17, 15) is 24.3 Å². The number of hydrogen-bond donors (Lipinski definition) is 5. The van der Waals surface area contributed by atoms with Crippen LogP contribution < -0.4 is 21.9 Å². The maximum Gasteiger partial charge on any atom is 0.328 e. The minimum Gasteiger partial charge on any atom is -0.494 e. The lowest BCUT2D eigenvalue weighted by Crippen LogP contribution is -2.30. The fourth-order valence-electron chi connectivity index (χ4n) is 1.73. The molecular formula is C13H12N4O5. The topological polar surface area (TPSA) is 144 Å². The summed E-state index contributed by atoms with van der Waals surface area (Å²) in [6.45, 7) is 0. The molecular weight excluding hydrogens is 292 g/mol. The van der Waals surface area contributed by atoms with Gasteiger partial charge in [0.1, 0.15) is 0 Å². The van der Waals surface area contributed by atoms with Crippen LogP contribution in [0, 0.1) is 0 Å². The van der Waals surface area contributed by atoms with Crippen molar-refractivity contribution < 1.29 is 14.7 Å². The van der Waals surface area contributed by atoms with Gasteiger partial charge in [-0.3, -0.25) is 24.4 Å². The first-order valence-electron chi connectivity index (χ1n) is 6.11. The molecule has 0 aliphatic heterocycles. The van der Waals surface area contributed by atoms with E-state index in [1.54, 1.807) is 0 Å². The van der Waals surface area contributed by atoms with Crippen molar-refractivity contribution >= 4 is 17.5 Å². The number of H-pyrrole nitrogens is 2. The number of aromatic amines is 2. The molecule has 1 heterocycles. The third-order valence-corrected chi connectivity index (χ3v) is 2.78. The van der Waals surface area contributed by atoms with E-state index in [4.69, 9.17) is 0 Å². The van der Waals surface area contributed by atoms with Crippen molar-refractivity contribution in [2.24, 2.45) is 0 Å². The van der Waals surface area contributed by atoms with Crippen LogP contribution in [-0.2, 0) is 0 Å². The number of aromatic nitrogens is 2. The molecule has 0 saturated carbocycles. The molecule has 114 valence electrons. The molecule has 2 rings (SSSR count). The fraction of sp³-hybridized carbons (Fsp3) is 0.0769. The van der Waals surface area contributed by atoms with E-state index in [0.29, 0.717) is 11.3 Å². The minimum atomic E-state index is -1.01. The average Bonchev–Trinajstić information content (AvgIpc) is 2.46. The molecule has 0 saturated heterocycles. The summed E-state index contributed by atoms with van der Waals surface area (Å²) in [5.74, 6) is -2.01. The Bertz CT molecular complexity index is 835. The summed E-state index contributed by atoms with van der Waals surface area (Å²) in [7, 11) is 1.49. The van der Waals surface area contributed by atoms with Crippen LogP contribution in [0.15, 0.2) is 33.9 Å². The number of hydrogen-bond acceptors (Lipinski definition) is 5. The van der Waals surface area contributed by atoms with Gasteiger partial charge < -0.3 is 15.7 Å². The van der Waals surface area contributed by atoms with Crippen molar-refractivity contribution in [3.05, 3.63) is 56.2 Å². The van der Waals surface area contributed by atoms with Gasteiger partial charge in [-0.05, 0) is 24.3 Å². The summed E-state index contributed by atoms with van der Waals surface area (Å²) < 4.78 is 0. The van der Waals surface area contributed by atoms with Crippen LogP contribution in [0.4, 0.5) is 5.69 Å². The zero-order valence-corrected chi connectivity index (χ0v) is 11.4. The second kappa shape index (κ2) is 5.95. The molecule has 0 radical (unpaired) electrons. The van der Waals surface area contributed by atoms with Gasteiger partial charge in [-0.15, -0.1) is 0 Å². The second-order valence-corrected chi connectivity index (χ2v) is 4.24. The smallest absolute Gasteiger partial charge is 0.328 e. The molecule has 22 heavy (non-hydrogen) atoms. The molecule has 1 aromatic carbocycles. The summed E-state index contributed by atoms with van der Waals surface area (Å²) in [6.07, 6.45) is 0. The standard InChI is InChI=1S/C13H12N4O5/c1-14-9(18)6-2-4-7(5-3-6)15-10(19)8-11(20)16-13(22)17-12(8)21/h2-5H,1H3,(H,14,18)(H,15,19)(H3,16,17,20,21,22). The Labute approximate surface area is 123 Å². The van der Waals surface area contributed by atoms with Gasteiger partial charge in [0.05, 0.1) is 0 Å². The van der Waals surface area contributed by atoms with Crippen molar-refractivity contribution in [3.8, 4) is 5.88 Å². The van der Waals surface area contributed by atoms with Gasteiger partial charge in [0.25, 0.3) is 17.4 Å². The highest BCUT2D eigenvalue weighted by Gasteiger charge is 2.17. The number of rotatable bonds is 3. The highest BCUT2D eigenvalue weighted by Crippen LogP contribution is 2.12. The van der Waals surface area contributed by atoms with E-state index in [0.717, 1.165) is 0 Å². The van der Waals surface area contributed by atoms with E-state index in [1.807, 2.05) is 9.97 Å². The maximum atomic E-state index is 11.9. The minimum absolute atomic E-state index is 0.285. The summed E-state index contributed by atoms with van der Waals surface area (Å²) in [4.78, 5) is 49.5. The molecule has 5 N–H and O–H groups in total. The number of nitrogens with one attached hydrogen (secondary N) is 4. The van der Waals surface area contributed by atoms with Crippen LogP contribution in [0.3, 0.4) is 0 Å². The van der Waals surface area contributed by atoms with Gasteiger partial charge in [-0.1, -0.05) is 0 Å². The SMILES string of the molecule is CNC(=O)c1ccc(NC(=O)c2c(O)[nH]c(=O)[nH]c2=O)cc1. The lowest BCUT2D eigenvalue weighted by atomic mass is 10.2. The summed E-state index contributed by atoms with van der Waals surface area (Å²) in [5.41, 5.74) is -1.85. The highest BCUT2D eigenvalue weighted by molar-refractivity contribution is 6.05. The van der Waals surface area contributed by atoms with Gasteiger partial charge in [-0.25, -0.2) is 4.79 Å². The monoisotopic (exact) mass is 304 g/mol. The Hall–Kier alpha value is -3.36. The zero-order valence-electron chi connectivity index (χ0n) is 11.4. The first kappa shape index (κ1) is 15.0. The molecule has 0 aliphatic carbocycles. The number of carbonyl (C=O) groups is 2. The van der Waals surface area contributed by atoms with Crippen LogP contribution in [-0.4, -0.2) is 33.9 Å². The Morgan fingerprint density at radius 3 is 2.23 bits per heavy atom. The molecule has 2 aromatic rings. The molecule has 0 aliphatic rings. The number of aromatic hydroxyl groups is 1. The Morgan fingerprint density at radius 2 is 1.68 bits per heavy atom. The van der Waals surface area contributed by atoms with Crippen molar-refractivity contribution in [2.45, 2.75) is 0 Å².